The van der Waals surface area contributed by atoms with Gasteiger partial charge in [0.25, 0.3) is 0 Å². The van der Waals surface area contributed by atoms with Crippen LogP contribution in [-0.2, 0) is 6.18 Å². The average Bonchev–Trinajstić information content (AvgIpc) is 2.55. The van der Waals surface area contributed by atoms with E-state index in [1.54, 1.807) is 13.0 Å². The zero-order chi connectivity index (χ0) is 17.3. The number of rotatable bonds is 3. The second-order valence-corrected chi connectivity index (χ2v) is 5.64. The first-order valence-electron chi connectivity index (χ1n) is 7.51. The van der Waals surface area contributed by atoms with Crippen molar-refractivity contribution in [3.63, 3.8) is 0 Å². The highest BCUT2D eigenvalue weighted by Crippen LogP contribution is 2.31. The van der Waals surface area contributed by atoms with Gasteiger partial charge in [-0.15, -0.1) is 0 Å². The summed E-state index contributed by atoms with van der Waals surface area (Å²) in [7, 11) is 0. The first-order valence-corrected chi connectivity index (χ1v) is 7.51. The van der Waals surface area contributed by atoms with Gasteiger partial charge in [0.05, 0.1) is 28.3 Å². The summed E-state index contributed by atoms with van der Waals surface area (Å²) in [5, 5.41) is 3.16. The van der Waals surface area contributed by atoms with Crippen LogP contribution >= 0.6 is 0 Å². The molecule has 3 aromatic rings. The number of aromatic nitrogens is 2. The maximum absolute atomic E-state index is 12.9. The van der Waals surface area contributed by atoms with Crippen LogP contribution in [0.2, 0.25) is 0 Å². The number of halogens is 3. The number of benzene rings is 2. The SMILES string of the molecule is Cc1nc2ccccc2nc1N[C@H](C)c1cccc(C(F)(F)F)c1. The normalized spacial score (nSPS) is 13.0. The first-order chi connectivity index (χ1) is 11.3. The number of nitrogens with one attached hydrogen (secondary N) is 1. The Morgan fingerprint density at radius 2 is 1.62 bits per heavy atom. The molecule has 0 spiro atoms. The molecule has 0 aliphatic carbocycles. The van der Waals surface area contributed by atoms with Crippen molar-refractivity contribution >= 4 is 16.9 Å². The molecule has 6 heteroatoms. The number of fused-ring (bicyclic) bond motifs is 1. The molecule has 1 aromatic heterocycles. The third-order valence-corrected chi connectivity index (χ3v) is 3.81. The molecule has 3 rings (SSSR count). The maximum Gasteiger partial charge on any atom is 0.416 e. The summed E-state index contributed by atoms with van der Waals surface area (Å²) in [5.41, 5.74) is 2.11. The van der Waals surface area contributed by atoms with Crippen molar-refractivity contribution in [2.24, 2.45) is 0 Å². The van der Waals surface area contributed by atoms with Crippen LogP contribution in [0.1, 0.15) is 29.8 Å². The number of hydrogen-bond acceptors (Lipinski definition) is 3. The number of anilines is 1. The lowest BCUT2D eigenvalue weighted by molar-refractivity contribution is -0.137. The van der Waals surface area contributed by atoms with Gasteiger partial charge in [-0.3, -0.25) is 0 Å². The van der Waals surface area contributed by atoms with Gasteiger partial charge in [-0.05, 0) is 43.7 Å². The van der Waals surface area contributed by atoms with Gasteiger partial charge < -0.3 is 5.32 Å². The summed E-state index contributed by atoms with van der Waals surface area (Å²) in [6, 6.07) is 12.4. The lowest BCUT2D eigenvalue weighted by atomic mass is 10.0. The minimum absolute atomic E-state index is 0.332. The van der Waals surface area contributed by atoms with Crippen molar-refractivity contribution in [3.05, 3.63) is 65.4 Å². The molecule has 24 heavy (non-hydrogen) atoms. The van der Waals surface area contributed by atoms with Gasteiger partial charge in [0.1, 0.15) is 5.82 Å². The summed E-state index contributed by atoms with van der Waals surface area (Å²) in [4.78, 5) is 8.99. The van der Waals surface area contributed by atoms with E-state index in [0.717, 1.165) is 23.2 Å². The second kappa shape index (κ2) is 6.11. The van der Waals surface area contributed by atoms with Crippen LogP contribution in [0.4, 0.5) is 19.0 Å². The van der Waals surface area contributed by atoms with Crippen LogP contribution in [0.25, 0.3) is 11.0 Å². The van der Waals surface area contributed by atoms with E-state index in [1.165, 1.54) is 6.07 Å². The fourth-order valence-corrected chi connectivity index (χ4v) is 2.50. The molecule has 1 atom stereocenters. The largest absolute Gasteiger partial charge is 0.416 e. The van der Waals surface area contributed by atoms with Crippen LogP contribution < -0.4 is 5.32 Å². The predicted molar refractivity (Wildman–Crippen MR) is 87.8 cm³/mol. The predicted octanol–water partition coefficient (Wildman–Crippen LogP) is 5.13. The van der Waals surface area contributed by atoms with Gasteiger partial charge in [0, 0.05) is 0 Å². The molecule has 1 heterocycles. The number of alkyl halides is 3. The molecule has 3 nitrogen and oxygen atoms in total. The topological polar surface area (TPSA) is 37.8 Å². The van der Waals surface area contributed by atoms with E-state index in [-0.39, 0.29) is 6.04 Å². The molecule has 2 aromatic carbocycles. The van der Waals surface area contributed by atoms with E-state index in [9.17, 15) is 13.2 Å². The molecule has 0 radical (unpaired) electrons. The van der Waals surface area contributed by atoms with E-state index in [2.05, 4.69) is 15.3 Å². The molecular formula is C18H16F3N3. The van der Waals surface area contributed by atoms with Crippen LogP contribution in [-0.4, -0.2) is 9.97 Å². The van der Waals surface area contributed by atoms with E-state index in [0.29, 0.717) is 17.1 Å². The third-order valence-electron chi connectivity index (χ3n) is 3.81. The molecule has 0 aliphatic heterocycles. The van der Waals surface area contributed by atoms with Crippen LogP contribution in [0.15, 0.2) is 48.5 Å². The van der Waals surface area contributed by atoms with Crippen molar-refractivity contribution in [2.75, 3.05) is 5.32 Å². The lowest BCUT2D eigenvalue weighted by Gasteiger charge is -2.18. The van der Waals surface area contributed by atoms with Gasteiger partial charge in [-0.25, -0.2) is 9.97 Å². The van der Waals surface area contributed by atoms with Crippen LogP contribution in [0.3, 0.4) is 0 Å². The summed E-state index contributed by atoms with van der Waals surface area (Å²) < 4.78 is 38.6. The monoisotopic (exact) mass is 331 g/mol. The molecule has 0 bridgehead atoms. The fraction of sp³-hybridized carbons (Fsp3) is 0.222. The maximum atomic E-state index is 12.9. The fourth-order valence-electron chi connectivity index (χ4n) is 2.50. The first kappa shape index (κ1) is 16.2. The highest BCUT2D eigenvalue weighted by Gasteiger charge is 2.30. The highest BCUT2D eigenvalue weighted by molar-refractivity contribution is 5.76. The lowest BCUT2D eigenvalue weighted by Crippen LogP contribution is -2.12. The van der Waals surface area contributed by atoms with Crippen molar-refractivity contribution in [1.82, 2.24) is 9.97 Å². The van der Waals surface area contributed by atoms with Crippen molar-refractivity contribution in [2.45, 2.75) is 26.1 Å². The standard InChI is InChI=1S/C18H16F3N3/c1-11(13-6-5-7-14(10-13)18(19,20)21)23-17-12(2)22-15-8-3-4-9-16(15)24-17/h3-11H,1-2H3,(H,23,24)/t11-/m1/s1. The second-order valence-electron chi connectivity index (χ2n) is 5.64. The Balaban J connectivity index is 1.90. The molecule has 0 unspecified atom stereocenters. The Kier molecular flexibility index (Phi) is 4.13. The van der Waals surface area contributed by atoms with Gasteiger partial charge in [-0.2, -0.15) is 13.2 Å². The van der Waals surface area contributed by atoms with E-state index in [1.807, 2.05) is 31.2 Å². The van der Waals surface area contributed by atoms with Crippen LogP contribution in [0, 0.1) is 6.92 Å². The molecule has 124 valence electrons. The Bertz CT molecular complexity index is 875. The number of para-hydroxylation sites is 2. The Morgan fingerprint density at radius 3 is 2.29 bits per heavy atom. The van der Waals surface area contributed by atoms with Gasteiger partial charge >= 0.3 is 6.18 Å². The van der Waals surface area contributed by atoms with Gasteiger partial charge in [-0.1, -0.05) is 24.3 Å². The summed E-state index contributed by atoms with van der Waals surface area (Å²) >= 11 is 0. The van der Waals surface area contributed by atoms with E-state index in [4.69, 9.17) is 0 Å². The smallest absolute Gasteiger partial charge is 0.362 e. The van der Waals surface area contributed by atoms with E-state index >= 15 is 0 Å². The molecule has 0 aliphatic rings. The molecule has 0 fully saturated rings. The minimum atomic E-state index is -4.35. The van der Waals surface area contributed by atoms with Gasteiger partial charge in [0.15, 0.2) is 0 Å². The number of hydrogen-bond donors (Lipinski definition) is 1. The molecular weight excluding hydrogens is 315 g/mol. The molecule has 1 N–H and O–H groups in total. The minimum Gasteiger partial charge on any atom is -0.362 e. The zero-order valence-corrected chi connectivity index (χ0v) is 13.2. The average molecular weight is 331 g/mol. The third kappa shape index (κ3) is 3.32. The Labute approximate surface area is 137 Å². The number of nitrogens with zero attached hydrogens (tertiary/aromatic N) is 2. The number of aryl methyl sites for hydroxylation is 1. The van der Waals surface area contributed by atoms with Crippen molar-refractivity contribution in [1.29, 1.82) is 0 Å². The Hall–Kier alpha value is -2.63. The summed E-state index contributed by atoms with van der Waals surface area (Å²) in [6.07, 6.45) is -4.35. The van der Waals surface area contributed by atoms with Gasteiger partial charge in [0.2, 0.25) is 0 Å². The van der Waals surface area contributed by atoms with Crippen molar-refractivity contribution < 1.29 is 13.2 Å². The van der Waals surface area contributed by atoms with Crippen LogP contribution in [0.5, 0.6) is 0 Å². The quantitative estimate of drug-likeness (QED) is 0.723. The summed E-state index contributed by atoms with van der Waals surface area (Å²) in [6.45, 7) is 3.62. The summed E-state index contributed by atoms with van der Waals surface area (Å²) in [5.74, 6) is 0.568. The molecule has 0 amide bonds. The molecule has 0 saturated heterocycles. The highest BCUT2D eigenvalue weighted by atomic mass is 19.4. The van der Waals surface area contributed by atoms with E-state index < -0.39 is 11.7 Å². The zero-order valence-electron chi connectivity index (χ0n) is 13.2. The molecule has 0 saturated carbocycles. The Morgan fingerprint density at radius 1 is 0.958 bits per heavy atom. The van der Waals surface area contributed by atoms with Crippen molar-refractivity contribution in [3.8, 4) is 0 Å².